The third kappa shape index (κ3) is 6.22. The Bertz CT molecular complexity index is 1130. The predicted octanol–water partition coefficient (Wildman–Crippen LogP) is 8.04. The summed E-state index contributed by atoms with van der Waals surface area (Å²) in [5.74, 6) is 0. The third-order valence-corrected chi connectivity index (χ3v) is 7.64. The van der Waals surface area contributed by atoms with Gasteiger partial charge in [-0.2, -0.15) is 0 Å². The van der Waals surface area contributed by atoms with Gasteiger partial charge in [0, 0.05) is 24.5 Å². The van der Waals surface area contributed by atoms with E-state index in [1.54, 1.807) is 0 Å². The molecular weight excluding hydrogens is 458 g/mol. The highest BCUT2D eigenvalue weighted by molar-refractivity contribution is 7.80. The molecule has 0 spiro atoms. The van der Waals surface area contributed by atoms with Crippen molar-refractivity contribution < 1.29 is 0 Å². The van der Waals surface area contributed by atoms with Crippen LogP contribution >= 0.6 is 23.8 Å². The van der Waals surface area contributed by atoms with Crippen molar-refractivity contribution in [1.29, 1.82) is 0 Å². The zero-order chi connectivity index (χ0) is 24.1. The van der Waals surface area contributed by atoms with Gasteiger partial charge in [0.25, 0.3) is 0 Å². The molecule has 2 aromatic carbocycles. The first-order chi connectivity index (χ1) is 16.4. The molecule has 4 rings (SSSR count). The van der Waals surface area contributed by atoms with E-state index in [1.165, 1.54) is 60.9 Å². The van der Waals surface area contributed by atoms with Crippen molar-refractivity contribution in [1.82, 2.24) is 9.47 Å². The highest BCUT2D eigenvalue weighted by atomic mass is 35.5. The van der Waals surface area contributed by atoms with Gasteiger partial charge in [0.1, 0.15) is 0 Å². The zero-order valence-electron chi connectivity index (χ0n) is 20.6. The number of anilines is 1. The summed E-state index contributed by atoms with van der Waals surface area (Å²) in [7, 11) is 0. The molecule has 0 unspecified atom stereocenters. The van der Waals surface area contributed by atoms with E-state index in [-0.39, 0.29) is 0 Å². The minimum atomic E-state index is 0.441. The van der Waals surface area contributed by atoms with Crippen LogP contribution in [-0.2, 0) is 13.1 Å². The van der Waals surface area contributed by atoms with Gasteiger partial charge in [-0.05, 0) is 86.8 Å². The highest BCUT2D eigenvalue weighted by Gasteiger charge is 2.24. The fraction of sp³-hybridized carbons (Fsp3) is 0.414. The monoisotopic (exact) mass is 493 g/mol. The van der Waals surface area contributed by atoms with E-state index in [1.807, 2.05) is 12.1 Å². The van der Waals surface area contributed by atoms with Gasteiger partial charge < -0.3 is 14.8 Å². The fourth-order valence-electron chi connectivity index (χ4n) is 4.97. The number of aryl methyl sites for hydroxylation is 3. The van der Waals surface area contributed by atoms with Crippen molar-refractivity contribution in [3.8, 4) is 0 Å². The molecule has 1 fully saturated rings. The van der Waals surface area contributed by atoms with Gasteiger partial charge in [-0.3, -0.25) is 0 Å². The number of nitrogens with one attached hydrogen (secondary N) is 1. The van der Waals surface area contributed by atoms with Gasteiger partial charge in [0.15, 0.2) is 5.11 Å². The van der Waals surface area contributed by atoms with Gasteiger partial charge in [-0.25, -0.2) is 0 Å². The second kappa shape index (κ2) is 11.4. The fourth-order valence-corrected chi connectivity index (χ4v) is 5.58. The van der Waals surface area contributed by atoms with Crippen molar-refractivity contribution in [2.75, 3.05) is 5.32 Å². The number of hydrogen-bond donors (Lipinski definition) is 1. The summed E-state index contributed by atoms with van der Waals surface area (Å²) in [6.45, 7) is 8.06. The first-order valence-corrected chi connectivity index (χ1v) is 13.2. The Morgan fingerprint density at radius 2 is 1.71 bits per heavy atom. The standard InChI is InChI=1S/C29H36ClN3S/c1-21-12-14-24(23(3)17-21)19-32-16-8-11-26(32)20-33(25-9-6-4-5-7-10-25)29(34)31-28-15-13-22(2)18-27(28)30/h8,11-18,25H,4-7,9-10,19-20H2,1-3H3,(H,31,34). The molecule has 3 aromatic rings. The van der Waals surface area contributed by atoms with Gasteiger partial charge in [0.05, 0.1) is 17.3 Å². The number of benzene rings is 2. The number of aromatic nitrogens is 1. The molecule has 0 amide bonds. The Morgan fingerprint density at radius 3 is 2.41 bits per heavy atom. The summed E-state index contributed by atoms with van der Waals surface area (Å²) in [5.41, 5.74) is 7.30. The molecule has 0 atom stereocenters. The average molecular weight is 494 g/mol. The number of rotatable bonds is 6. The second-order valence-corrected chi connectivity index (χ2v) is 10.5. The van der Waals surface area contributed by atoms with E-state index in [2.05, 4.69) is 78.2 Å². The van der Waals surface area contributed by atoms with Crippen LogP contribution in [0.4, 0.5) is 5.69 Å². The molecule has 1 aliphatic rings. The summed E-state index contributed by atoms with van der Waals surface area (Å²) in [4.78, 5) is 2.41. The van der Waals surface area contributed by atoms with Crippen LogP contribution in [0.15, 0.2) is 54.7 Å². The molecule has 1 aliphatic carbocycles. The second-order valence-electron chi connectivity index (χ2n) is 9.74. The molecule has 0 saturated heterocycles. The Balaban J connectivity index is 1.57. The Labute approximate surface area is 215 Å². The number of nitrogens with zero attached hydrogens (tertiary/aromatic N) is 2. The number of halogens is 1. The van der Waals surface area contributed by atoms with Crippen molar-refractivity contribution in [3.05, 3.63) is 87.7 Å². The van der Waals surface area contributed by atoms with Crippen LogP contribution in [0, 0.1) is 20.8 Å². The van der Waals surface area contributed by atoms with Crippen molar-refractivity contribution in [2.24, 2.45) is 0 Å². The predicted molar refractivity (Wildman–Crippen MR) is 149 cm³/mol. The van der Waals surface area contributed by atoms with E-state index >= 15 is 0 Å². The molecule has 5 heteroatoms. The van der Waals surface area contributed by atoms with Gasteiger partial charge in [-0.1, -0.05) is 67.1 Å². The molecule has 1 saturated carbocycles. The lowest BCUT2D eigenvalue weighted by Crippen LogP contribution is -2.42. The normalized spacial score (nSPS) is 14.6. The van der Waals surface area contributed by atoms with Gasteiger partial charge in [-0.15, -0.1) is 0 Å². The van der Waals surface area contributed by atoms with Crippen molar-refractivity contribution in [2.45, 2.75) is 78.4 Å². The Morgan fingerprint density at radius 1 is 1.00 bits per heavy atom. The SMILES string of the molecule is Cc1ccc(Cn2cccc2CN(C(=S)Nc2ccc(C)cc2Cl)C2CCCCCC2)c(C)c1. The topological polar surface area (TPSA) is 20.2 Å². The lowest BCUT2D eigenvalue weighted by molar-refractivity contribution is 0.274. The molecule has 0 aliphatic heterocycles. The van der Waals surface area contributed by atoms with Gasteiger partial charge in [0.2, 0.25) is 0 Å². The van der Waals surface area contributed by atoms with Crippen LogP contribution in [0.1, 0.15) is 66.5 Å². The quantitative estimate of drug-likeness (QED) is 0.277. The van der Waals surface area contributed by atoms with E-state index in [0.29, 0.717) is 11.1 Å². The number of hydrogen-bond acceptors (Lipinski definition) is 1. The summed E-state index contributed by atoms with van der Waals surface area (Å²) in [5, 5.41) is 4.94. The lowest BCUT2D eigenvalue weighted by Gasteiger charge is -2.34. The lowest BCUT2D eigenvalue weighted by atomic mass is 10.1. The van der Waals surface area contributed by atoms with Crippen LogP contribution in [-0.4, -0.2) is 20.6 Å². The molecule has 1 heterocycles. The Kier molecular flexibility index (Phi) is 8.33. The third-order valence-electron chi connectivity index (χ3n) is 6.99. The summed E-state index contributed by atoms with van der Waals surface area (Å²) in [6.07, 6.45) is 9.71. The van der Waals surface area contributed by atoms with Gasteiger partial charge >= 0.3 is 0 Å². The van der Waals surface area contributed by atoms with E-state index < -0.39 is 0 Å². The maximum Gasteiger partial charge on any atom is 0.174 e. The van der Waals surface area contributed by atoms with E-state index in [9.17, 15) is 0 Å². The summed E-state index contributed by atoms with van der Waals surface area (Å²) in [6, 6.07) is 17.6. The van der Waals surface area contributed by atoms with Crippen LogP contribution in [0.5, 0.6) is 0 Å². The maximum atomic E-state index is 6.53. The first-order valence-electron chi connectivity index (χ1n) is 12.4. The Hall–Kier alpha value is -2.30. The molecular formula is C29H36ClN3S. The molecule has 180 valence electrons. The van der Waals surface area contributed by atoms with E-state index in [4.69, 9.17) is 23.8 Å². The average Bonchev–Trinajstić information content (AvgIpc) is 3.05. The maximum absolute atomic E-state index is 6.53. The van der Waals surface area contributed by atoms with Crippen LogP contribution in [0.3, 0.4) is 0 Å². The molecule has 3 nitrogen and oxygen atoms in total. The van der Waals surface area contributed by atoms with Crippen LogP contribution in [0.25, 0.3) is 0 Å². The molecule has 0 bridgehead atoms. The molecule has 1 N–H and O–H groups in total. The summed E-state index contributed by atoms with van der Waals surface area (Å²) >= 11 is 12.5. The van der Waals surface area contributed by atoms with Crippen LogP contribution in [0.2, 0.25) is 5.02 Å². The van der Waals surface area contributed by atoms with Crippen LogP contribution < -0.4 is 5.32 Å². The van der Waals surface area contributed by atoms with Crippen molar-refractivity contribution >= 4 is 34.6 Å². The molecule has 0 radical (unpaired) electrons. The molecule has 34 heavy (non-hydrogen) atoms. The minimum absolute atomic E-state index is 0.441. The van der Waals surface area contributed by atoms with E-state index in [0.717, 1.165) is 29.5 Å². The zero-order valence-corrected chi connectivity index (χ0v) is 22.2. The largest absolute Gasteiger partial charge is 0.345 e. The summed E-state index contributed by atoms with van der Waals surface area (Å²) < 4.78 is 2.36. The highest BCUT2D eigenvalue weighted by Crippen LogP contribution is 2.27. The smallest absolute Gasteiger partial charge is 0.174 e. The minimum Gasteiger partial charge on any atom is -0.345 e. The first kappa shape index (κ1) is 24.8. The van der Waals surface area contributed by atoms with Crippen molar-refractivity contribution in [3.63, 3.8) is 0 Å². The molecule has 1 aromatic heterocycles. The number of thiocarbonyl (C=S) groups is 1.